The molecule has 0 bridgehead atoms. The number of rotatable bonds is 3. The van der Waals surface area contributed by atoms with E-state index in [4.69, 9.17) is 5.73 Å². The van der Waals surface area contributed by atoms with E-state index in [1.807, 2.05) is 6.26 Å². The fraction of sp³-hybridized carbons (Fsp3) is 0.182. The van der Waals surface area contributed by atoms with Gasteiger partial charge in [-0.3, -0.25) is 0 Å². The van der Waals surface area contributed by atoms with Crippen molar-refractivity contribution in [2.24, 2.45) is 0 Å². The second kappa shape index (κ2) is 5.09. The highest BCUT2D eigenvalue weighted by Gasteiger charge is 2.04. The highest BCUT2D eigenvalue weighted by molar-refractivity contribution is 7.98. The van der Waals surface area contributed by atoms with Crippen LogP contribution in [0, 0.1) is 5.82 Å². The van der Waals surface area contributed by atoms with Crippen molar-refractivity contribution in [3.05, 3.63) is 41.5 Å². The number of hydrogen-bond acceptors (Lipinski definition) is 5. The molecule has 0 radical (unpaired) electrons. The topological polar surface area (TPSA) is 64.7 Å². The highest BCUT2D eigenvalue weighted by Crippen LogP contribution is 2.12. The van der Waals surface area contributed by atoms with Crippen molar-refractivity contribution in [2.75, 3.05) is 12.0 Å². The van der Waals surface area contributed by atoms with E-state index >= 15 is 0 Å². The zero-order valence-electron chi connectivity index (χ0n) is 9.22. The molecular weight excluding hydrogens is 239 g/mol. The van der Waals surface area contributed by atoms with Crippen molar-refractivity contribution in [3.63, 3.8) is 0 Å². The molecule has 0 aliphatic rings. The number of halogens is 1. The van der Waals surface area contributed by atoms with Gasteiger partial charge in [-0.15, -0.1) is 0 Å². The third-order valence-electron chi connectivity index (χ3n) is 2.14. The Morgan fingerprint density at radius 3 is 2.53 bits per heavy atom. The SMILES string of the molecule is CSc1nc(N)nc(Cc2ccc(F)cc2)n1. The van der Waals surface area contributed by atoms with Gasteiger partial charge in [0.05, 0.1) is 0 Å². The number of anilines is 1. The van der Waals surface area contributed by atoms with Gasteiger partial charge in [-0.05, 0) is 24.0 Å². The molecule has 88 valence electrons. The van der Waals surface area contributed by atoms with Gasteiger partial charge >= 0.3 is 0 Å². The van der Waals surface area contributed by atoms with Crippen molar-refractivity contribution >= 4 is 17.7 Å². The average Bonchev–Trinajstić information content (AvgIpc) is 2.31. The van der Waals surface area contributed by atoms with E-state index in [1.165, 1.54) is 23.9 Å². The van der Waals surface area contributed by atoms with Crippen LogP contribution < -0.4 is 5.73 Å². The molecular formula is C11H11FN4S. The van der Waals surface area contributed by atoms with Gasteiger partial charge in [-0.25, -0.2) is 9.37 Å². The van der Waals surface area contributed by atoms with E-state index in [1.54, 1.807) is 12.1 Å². The fourth-order valence-corrected chi connectivity index (χ4v) is 1.75. The molecule has 2 N–H and O–H groups in total. The zero-order chi connectivity index (χ0) is 12.3. The van der Waals surface area contributed by atoms with Gasteiger partial charge in [0.15, 0.2) is 5.16 Å². The standard InChI is InChI=1S/C11H11FN4S/c1-17-11-15-9(14-10(13)16-11)6-7-2-4-8(12)5-3-7/h2-5H,6H2,1H3,(H2,13,14,15,16). The first-order valence-corrected chi connectivity index (χ1v) is 6.18. The molecule has 0 fully saturated rings. The summed E-state index contributed by atoms with van der Waals surface area (Å²) in [6.07, 6.45) is 2.39. The lowest BCUT2D eigenvalue weighted by molar-refractivity contribution is 0.627. The van der Waals surface area contributed by atoms with Gasteiger partial charge in [0.1, 0.15) is 11.6 Å². The molecule has 2 rings (SSSR count). The van der Waals surface area contributed by atoms with E-state index in [9.17, 15) is 4.39 Å². The molecule has 1 aromatic heterocycles. The van der Waals surface area contributed by atoms with Gasteiger partial charge in [-0.2, -0.15) is 9.97 Å². The third kappa shape index (κ3) is 3.13. The van der Waals surface area contributed by atoms with E-state index in [-0.39, 0.29) is 11.8 Å². The van der Waals surface area contributed by atoms with E-state index < -0.39 is 0 Å². The van der Waals surface area contributed by atoms with Crippen LogP contribution in [0.5, 0.6) is 0 Å². The number of benzene rings is 1. The molecule has 0 saturated heterocycles. The van der Waals surface area contributed by atoms with Crippen molar-refractivity contribution in [2.45, 2.75) is 11.6 Å². The number of nitrogens with two attached hydrogens (primary N) is 1. The predicted molar refractivity (Wildman–Crippen MR) is 65.2 cm³/mol. The molecule has 0 atom stereocenters. The maximum absolute atomic E-state index is 12.7. The predicted octanol–water partition coefficient (Wildman–Crippen LogP) is 1.91. The second-order valence-electron chi connectivity index (χ2n) is 3.40. The molecule has 0 aliphatic carbocycles. The van der Waals surface area contributed by atoms with Gasteiger partial charge in [0, 0.05) is 6.42 Å². The Hall–Kier alpha value is -1.69. The summed E-state index contributed by atoms with van der Waals surface area (Å²) in [5.41, 5.74) is 6.51. The van der Waals surface area contributed by atoms with Crippen LogP contribution >= 0.6 is 11.8 Å². The van der Waals surface area contributed by atoms with Crippen LogP contribution in [0.3, 0.4) is 0 Å². The van der Waals surface area contributed by atoms with Gasteiger partial charge < -0.3 is 5.73 Å². The van der Waals surface area contributed by atoms with E-state index in [0.717, 1.165) is 5.56 Å². The maximum atomic E-state index is 12.7. The van der Waals surface area contributed by atoms with Gasteiger partial charge in [0.25, 0.3) is 0 Å². The first-order valence-electron chi connectivity index (χ1n) is 4.96. The van der Waals surface area contributed by atoms with Gasteiger partial charge in [0.2, 0.25) is 5.95 Å². The first kappa shape index (κ1) is 11.8. The Kier molecular flexibility index (Phi) is 3.53. The Morgan fingerprint density at radius 1 is 1.18 bits per heavy atom. The van der Waals surface area contributed by atoms with Crippen LogP contribution in [0.4, 0.5) is 10.3 Å². The molecule has 6 heteroatoms. The summed E-state index contributed by atoms with van der Waals surface area (Å²) >= 11 is 1.41. The Balaban J connectivity index is 2.23. The summed E-state index contributed by atoms with van der Waals surface area (Å²) in [7, 11) is 0. The largest absolute Gasteiger partial charge is 0.368 e. The van der Waals surface area contributed by atoms with Crippen molar-refractivity contribution in [1.82, 2.24) is 15.0 Å². The molecule has 17 heavy (non-hydrogen) atoms. The van der Waals surface area contributed by atoms with Crippen molar-refractivity contribution in [3.8, 4) is 0 Å². The smallest absolute Gasteiger partial charge is 0.224 e. The molecule has 4 nitrogen and oxygen atoms in total. The quantitative estimate of drug-likeness (QED) is 0.843. The summed E-state index contributed by atoms with van der Waals surface area (Å²) in [5, 5.41) is 0.592. The van der Waals surface area contributed by atoms with Gasteiger partial charge in [-0.1, -0.05) is 23.9 Å². The summed E-state index contributed by atoms with van der Waals surface area (Å²) in [5.74, 6) is 0.545. The lowest BCUT2D eigenvalue weighted by atomic mass is 10.1. The number of hydrogen-bond donors (Lipinski definition) is 1. The minimum atomic E-state index is -0.256. The summed E-state index contributed by atoms with van der Waals surface area (Å²) in [6, 6.07) is 6.23. The maximum Gasteiger partial charge on any atom is 0.224 e. The number of nitrogens with zero attached hydrogens (tertiary/aromatic N) is 3. The number of thioether (sulfide) groups is 1. The van der Waals surface area contributed by atoms with E-state index in [2.05, 4.69) is 15.0 Å². The summed E-state index contributed by atoms with van der Waals surface area (Å²) in [4.78, 5) is 12.3. The van der Waals surface area contributed by atoms with Crippen LogP contribution in [-0.2, 0) is 6.42 Å². The Morgan fingerprint density at radius 2 is 1.88 bits per heavy atom. The van der Waals surface area contributed by atoms with Crippen LogP contribution in [0.2, 0.25) is 0 Å². The normalized spacial score (nSPS) is 10.5. The Labute approximate surface area is 103 Å². The lowest BCUT2D eigenvalue weighted by Crippen LogP contribution is -2.04. The molecule has 1 heterocycles. The molecule has 2 aromatic rings. The van der Waals surface area contributed by atoms with Crippen LogP contribution in [-0.4, -0.2) is 21.2 Å². The molecule has 0 saturated carbocycles. The first-order chi connectivity index (χ1) is 8.17. The average molecular weight is 250 g/mol. The molecule has 1 aromatic carbocycles. The van der Waals surface area contributed by atoms with Crippen LogP contribution in [0.1, 0.15) is 11.4 Å². The molecule has 0 unspecified atom stereocenters. The monoisotopic (exact) mass is 250 g/mol. The minimum absolute atomic E-state index is 0.210. The Bertz CT molecular complexity index is 515. The van der Waals surface area contributed by atoms with Crippen molar-refractivity contribution in [1.29, 1.82) is 0 Å². The number of aromatic nitrogens is 3. The second-order valence-corrected chi connectivity index (χ2v) is 4.17. The zero-order valence-corrected chi connectivity index (χ0v) is 10.0. The van der Waals surface area contributed by atoms with Crippen LogP contribution in [0.15, 0.2) is 29.4 Å². The lowest BCUT2D eigenvalue weighted by Gasteiger charge is -2.03. The third-order valence-corrected chi connectivity index (χ3v) is 2.68. The van der Waals surface area contributed by atoms with Crippen LogP contribution in [0.25, 0.3) is 0 Å². The number of nitrogen functional groups attached to an aromatic ring is 1. The van der Waals surface area contributed by atoms with Crippen molar-refractivity contribution < 1.29 is 4.39 Å². The molecule has 0 amide bonds. The molecule has 0 spiro atoms. The fourth-order valence-electron chi connectivity index (χ4n) is 1.37. The molecule has 0 aliphatic heterocycles. The minimum Gasteiger partial charge on any atom is -0.368 e. The summed E-state index contributed by atoms with van der Waals surface area (Å²) in [6.45, 7) is 0. The highest BCUT2D eigenvalue weighted by atomic mass is 32.2. The summed E-state index contributed by atoms with van der Waals surface area (Å²) < 4.78 is 12.7. The van der Waals surface area contributed by atoms with E-state index in [0.29, 0.717) is 17.4 Å².